The van der Waals surface area contributed by atoms with E-state index in [4.69, 9.17) is 9.47 Å². The first-order valence-corrected chi connectivity index (χ1v) is 8.33. The number of methoxy groups -OCH3 is 1. The van der Waals surface area contributed by atoms with Crippen molar-refractivity contribution in [2.24, 2.45) is 0 Å². The molecule has 128 valence electrons. The second kappa shape index (κ2) is 8.96. The summed E-state index contributed by atoms with van der Waals surface area (Å²) in [7, 11) is 1.58. The number of nitrogens with zero attached hydrogens (tertiary/aromatic N) is 1. The van der Waals surface area contributed by atoms with Crippen LogP contribution < -0.4 is 9.47 Å². The molecule has 0 aliphatic heterocycles. The second-order valence-corrected chi connectivity index (χ2v) is 5.42. The van der Waals surface area contributed by atoms with Crippen LogP contribution >= 0.6 is 0 Å². The fourth-order valence-corrected chi connectivity index (χ4v) is 2.57. The van der Waals surface area contributed by atoms with Crippen LogP contribution in [-0.2, 0) is 6.42 Å². The van der Waals surface area contributed by atoms with E-state index in [0.29, 0.717) is 36.8 Å². The van der Waals surface area contributed by atoms with E-state index >= 15 is 0 Å². The Labute approximate surface area is 144 Å². The third-order valence-electron chi connectivity index (χ3n) is 3.89. The van der Waals surface area contributed by atoms with Gasteiger partial charge < -0.3 is 14.4 Å². The zero-order valence-corrected chi connectivity index (χ0v) is 14.6. The molecule has 24 heavy (non-hydrogen) atoms. The maximum atomic E-state index is 12.8. The Morgan fingerprint density at radius 2 is 1.79 bits per heavy atom. The van der Waals surface area contributed by atoms with Crippen molar-refractivity contribution in [1.82, 2.24) is 4.90 Å². The molecule has 0 spiro atoms. The molecule has 0 atom stereocenters. The molecular weight excluding hydrogens is 302 g/mol. The molecule has 4 nitrogen and oxygen atoms in total. The van der Waals surface area contributed by atoms with Crippen molar-refractivity contribution >= 4 is 5.91 Å². The lowest BCUT2D eigenvalue weighted by atomic mass is 10.1. The van der Waals surface area contributed by atoms with E-state index in [1.54, 1.807) is 25.3 Å². The number of carbonyl (C=O) groups excluding carboxylic acids is 1. The van der Waals surface area contributed by atoms with Gasteiger partial charge >= 0.3 is 0 Å². The van der Waals surface area contributed by atoms with Crippen LogP contribution in [0.5, 0.6) is 11.5 Å². The van der Waals surface area contributed by atoms with Crippen LogP contribution in [0.15, 0.2) is 48.5 Å². The zero-order chi connectivity index (χ0) is 17.4. The van der Waals surface area contributed by atoms with E-state index < -0.39 is 0 Å². The Balaban J connectivity index is 2.10. The molecule has 0 radical (unpaired) electrons. The molecule has 0 N–H and O–H groups in total. The van der Waals surface area contributed by atoms with Crippen molar-refractivity contribution < 1.29 is 14.3 Å². The van der Waals surface area contributed by atoms with Crippen LogP contribution in [0.25, 0.3) is 0 Å². The number of rotatable bonds is 8. The van der Waals surface area contributed by atoms with Crippen LogP contribution in [0.1, 0.15) is 29.8 Å². The summed E-state index contributed by atoms with van der Waals surface area (Å²) in [6.07, 6.45) is 0.842. The van der Waals surface area contributed by atoms with Gasteiger partial charge in [-0.25, -0.2) is 0 Å². The summed E-state index contributed by atoms with van der Waals surface area (Å²) < 4.78 is 10.8. The lowest BCUT2D eigenvalue weighted by Crippen LogP contribution is -2.32. The highest BCUT2D eigenvalue weighted by Gasteiger charge is 2.16. The van der Waals surface area contributed by atoms with E-state index in [1.807, 2.05) is 36.9 Å². The van der Waals surface area contributed by atoms with Gasteiger partial charge in [0, 0.05) is 18.7 Å². The number of ether oxygens (including phenoxy) is 2. The second-order valence-electron chi connectivity index (χ2n) is 5.42. The largest absolute Gasteiger partial charge is 0.493 e. The number of amides is 1. The standard InChI is InChI=1S/C20H25NO3/c1-4-21(14-13-16-9-7-6-8-10-16)20(22)17-11-12-18(24-5-2)19(15-17)23-3/h6-12,15H,4-5,13-14H2,1-3H3. The molecule has 0 aliphatic carbocycles. The van der Waals surface area contributed by atoms with E-state index in [1.165, 1.54) is 5.56 Å². The summed E-state index contributed by atoms with van der Waals surface area (Å²) in [5.74, 6) is 1.25. The quantitative estimate of drug-likeness (QED) is 0.740. The van der Waals surface area contributed by atoms with Crippen LogP contribution in [-0.4, -0.2) is 37.6 Å². The van der Waals surface area contributed by atoms with Gasteiger partial charge in [-0.2, -0.15) is 0 Å². The summed E-state index contributed by atoms with van der Waals surface area (Å²) in [5, 5.41) is 0. The van der Waals surface area contributed by atoms with Crippen molar-refractivity contribution in [3.8, 4) is 11.5 Å². The van der Waals surface area contributed by atoms with Gasteiger partial charge in [0.2, 0.25) is 0 Å². The van der Waals surface area contributed by atoms with Gasteiger partial charge in [0.05, 0.1) is 13.7 Å². The zero-order valence-electron chi connectivity index (χ0n) is 14.6. The molecule has 0 bridgehead atoms. The minimum absolute atomic E-state index is 0.00906. The Bertz CT molecular complexity index is 655. The average molecular weight is 327 g/mol. The molecule has 4 heteroatoms. The van der Waals surface area contributed by atoms with Crippen LogP contribution in [0.2, 0.25) is 0 Å². The first-order chi connectivity index (χ1) is 11.7. The molecular formula is C20H25NO3. The molecule has 2 aromatic carbocycles. The van der Waals surface area contributed by atoms with Gasteiger partial charge in [-0.1, -0.05) is 30.3 Å². The number of benzene rings is 2. The van der Waals surface area contributed by atoms with E-state index in [9.17, 15) is 4.79 Å². The molecule has 2 rings (SSSR count). The third kappa shape index (κ3) is 4.51. The van der Waals surface area contributed by atoms with Crippen molar-refractivity contribution in [3.05, 3.63) is 59.7 Å². The van der Waals surface area contributed by atoms with Crippen LogP contribution in [0.4, 0.5) is 0 Å². The lowest BCUT2D eigenvalue weighted by Gasteiger charge is -2.21. The Kier molecular flexibility index (Phi) is 6.67. The number of hydrogen-bond donors (Lipinski definition) is 0. The predicted molar refractivity (Wildman–Crippen MR) is 95.9 cm³/mol. The van der Waals surface area contributed by atoms with Crippen molar-refractivity contribution in [1.29, 1.82) is 0 Å². The van der Waals surface area contributed by atoms with Crippen molar-refractivity contribution in [2.45, 2.75) is 20.3 Å². The highest BCUT2D eigenvalue weighted by molar-refractivity contribution is 5.95. The van der Waals surface area contributed by atoms with Gasteiger partial charge in [-0.15, -0.1) is 0 Å². The lowest BCUT2D eigenvalue weighted by molar-refractivity contribution is 0.0765. The number of hydrogen-bond acceptors (Lipinski definition) is 3. The maximum absolute atomic E-state index is 12.8. The highest BCUT2D eigenvalue weighted by atomic mass is 16.5. The molecule has 0 aliphatic rings. The van der Waals surface area contributed by atoms with Gasteiger partial charge in [0.25, 0.3) is 5.91 Å². The normalized spacial score (nSPS) is 10.3. The van der Waals surface area contributed by atoms with Crippen LogP contribution in [0.3, 0.4) is 0 Å². The van der Waals surface area contributed by atoms with Crippen LogP contribution in [0, 0.1) is 0 Å². The molecule has 0 saturated heterocycles. The highest BCUT2D eigenvalue weighted by Crippen LogP contribution is 2.28. The first kappa shape index (κ1) is 17.9. The average Bonchev–Trinajstić information content (AvgIpc) is 2.63. The van der Waals surface area contributed by atoms with Crippen molar-refractivity contribution in [3.63, 3.8) is 0 Å². The molecule has 2 aromatic rings. The van der Waals surface area contributed by atoms with Gasteiger partial charge in [-0.3, -0.25) is 4.79 Å². The summed E-state index contributed by atoms with van der Waals surface area (Å²) in [5.41, 5.74) is 1.85. The maximum Gasteiger partial charge on any atom is 0.253 e. The number of carbonyl (C=O) groups is 1. The molecule has 0 fully saturated rings. The first-order valence-electron chi connectivity index (χ1n) is 8.33. The summed E-state index contributed by atoms with van der Waals surface area (Å²) in [6, 6.07) is 15.5. The third-order valence-corrected chi connectivity index (χ3v) is 3.89. The van der Waals surface area contributed by atoms with E-state index in [-0.39, 0.29) is 5.91 Å². The minimum Gasteiger partial charge on any atom is -0.493 e. The van der Waals surface area contributed by atoms with Crippen molar-refractivity contribution in [2.75, 3.05) is 26.8 Å². The Hall–Kier alpha value is -2.49. The van der Waals surface area contributed by atoms with Gasteiger partial charge in [-0.05, 0) is 44.0 Å². The fourth-order valence-electron chi connectivity index (χ4n) is 2.57. The topological polar surface area (TPSA) is 38.8 Å². The summed E-state index contributed by atoms with van der Waals surface area (Å²) in [4.78, 5) is 14.6. The molecule has 1 amide bonds. The van der Waals surface area contributed by atoms with Gasteiger partial charge in [0.1, 0.15) is 0 Å². The monoisotopic (exact) mass is 327 g/mol. The Morgan fingerprint density at radius 1 is 1.04 bits per heavy atom. The fraction of sp³-hybridized carbons (Fsp3) is 0.350. The predicted octanol–water partition coefficient (Wildman–Crippen LogP) is 3.80. The molecule has 0 saturated carbocycles. The SMILES string of the molecule is CCOc1ccc(C(=O)N(CC)CCc2ccccc2)cc1OC. The van der Waals surface area contributed by atoms with Gasteiger partial charge in [0.15, 0.2) is 11.5 Å². The Morgan fingerprint density at radius 3 is 2.42 bits per heavy atom. The summed E-state index contributed by atoms with van der Waals surface area (Å²) >= 11 is 0. The van der Waals surface area contributed by atoms with E-state index in [2.05, 4.69) is 12.1 Å². The smallest absolute Gasteiger partial charge is 0.253 e. The molecule has 0 heterocycles. The minimum atomic E-state index is 0.00906. The molecule has 0 unspecified atom stereocenters. The van der Waals surface area contributed by atoms with E-state index in [0.717, 1.165) is 6.42 Å². The molecule has 0 aromatic heterocycles. The summed E-state index contributed by atoms with van der Waals surface area (Å²) in [6.45, 7) is 5.83. The number of likely N-dealkylation sites (N-methyl/N-ethyl adjacent to an activating group) is 1.